The maximum atomic E-state index is 11.7. The van der Waals surface area contributed by atoms with Crippen LogP contribution in [0.2, 0.25) is 0 Å². The fourth-order valence-corrected chi connectivity index (χ4v) is 1.65. The van der Waals surface area contributed by atoms with E-state index in [0.717, 1.165) is 12.8 Å². The maximum absolute atomic E-state index is 11.7. The second-order valence-corrected chi connectivity index (χ2v) is 4.57. The number of carbonyl (C=O) groups excluding carboxylic acids is 2. The normalized spacial score (nSPS) is 11.7. The molecule has 0 aromatic heterocycles. The molecule has 0 saturated heterocycles. The molecular weight excluding hydrogens is 260 g/mol. The molecule has 0 aliphatic heterocycles. The van der Waals surface area contributed by atoms with Crippen LogP contribution in [0.15, 0.2) is 4.99 Å². The highest BCUT2D eigenvalue weighted by Crippen LogP contribution is 2.02. The van der Waals surface area contributed by atoms with E-state index in [1.807, 2.05) is 0 Å². The predicted molar refractivity (Wildman–Crippen MR) is 78.6 cm³/mol. The van der Waals surface area contributed by atoms with Crippen molar-refractivity contribution in [3.05, 3.63) is 0 Å². The van der Waals surface area contributed by atoms with Gasteiger partial charge < -0.3 is 28.3 Å². The number of primary amides is 1. The summed E-state index contributed by atoms with van der Waals surface area (Å²) in [4.78, 5) is 26.7. The molecule has 8 heteroatoms. The smallest absolute Gasteiger partial charge is 0.239 e. The molecule has 0 rings (SSSR count). The Morgan fingerprint density at radius 3 is 2.30 bits per heavy atom. The summed E-state index contributed by atoms with van der Waals surface area (Å²) in [5, 5.41) is 2.64. The molecule has 0 aliphatic rings. The number of carbonyl (C=O) groups is 2. The Bertz CT molecular complexity index is 328. The van der Waals surface area contributed by atoms with Gasteiger partial charge in [0, 0.05) is 13.0 Å². The molecule has 0 radical (unpaired) electrons. The number of nitrogens with zero attached hydrogens (tertiary/aromatic N) is 1. The van der Waals surface area contributed by atoms with Crippen molar-refractivity contribution in [2.24, 2.45) is 27.9 Å². The third kappa shape index (κ3) is 10.1. The standard InChI is InChI=1S/C12H26N6O2/c13-7-3-1-5-9(11(14)20)18-10(19)6-2-4-8-17-12(15)16/h9H,1-8,13H2,(H2,14,20)(H,18,19)(H4,15,16,17)/t9-/m0/s1. The second-order valence-electron chi connectivity index (χ2n) is 4.57. The highest BCUT2D eigenvalue weighted by atomic mass is 16.2. The monoisotopic (exact) mass is 286 g/mol. The van der Waals surface area contributed by atoms with Crippen LogP contribution in [0, 0.1) is 0 Å². The van der Waals surface area contributed by atoms with Gasteiger partial charge in [-0.1, -0.05) is 0 Å². The van der Waals surface area contributed by atoms with Gasteiger partial charge in [-0.2, -0.15) is 0 Å². The highest BCUT2D eigenvalue weighted by Gasteiger charge is 2.16. The Morgan fingerprint density at radius 1 is 1.05 bits per heavy atom. The van der Waals surface area contributed by atoms with Crippen molar-refractivity contribution in [3.63, 3.8) is 0 Å². The van der Waals surface area contributed by atoms with Crippen LogP contribution in [0.1, 0.15) is 38.5 Å². The number of unbranched alkanes of at least 4 members (excludes halogenated alkanes) is 2. The van der Waals surface area contributed by atoms with Gasteiger partial charge in [0.05, 0.1) is 0 Å². The number of nitrogens with one attached hydrogen (secondary N) is 1. The summed E-state index contributed by atoms with van der Waals surface area (Å²) >= 11 is 0. The lowest BCUT2D eigenvalue weighted by molar-refractivity contribution is -0.127. The lowest BCUT2D eigenvalue weighted by Crippen LogP contribution is -2.44. The van der Waals surface area contributed by atoms with Crippen molar-refractivity contribution in [2.75, 3.05) is 13.1 Å². The van der Waals surface area contributed by atoms with E-state index in [-0.39, 0.29) is 11.9 Å². The molecule has 0 saturated carbocycles. The summed E-state index contributed by atoms with van der Waals surface area (Å²) in [6, 6.07) is -0.619. The molecule has 0 unspecified atom stereocenters. The second kappa shape index (κ2) is 11.0. The Labute approximate surface area is 119 Å². The van der Waals surface area contributed by atoms with Crippen LogP contribution >= 0.6 is 0 Å². The average molecular weight is 286 g/mol. The van der Waals surface area contributed by atoms with Crippen molar-refractivity contribution in [1.29, 1.82) is 0 Å². The van der Waals surface area contributed by atoms with Gasteiger partial charge >= 0.3 is 0 Å². The largest absolute Gasteiger partial charge is 0.370 e. The molecule has 0 aromatic rings. The van der Waals surface area contributed by atoms with E-state index in [2.05, 4.69) is 10.3 Å². The van der Waals surface area contributed by atoms with Crippen LogP contribution in [-0.4, -0.2) is 36.9 Å². The van der Waals surface area contributed by atoms with E-state index in [9.17, 15) is 9.59 Å². The number of rotatable bonds is 11. The van der Waals surface area contributed by atoms with Gasteiger partial charge in [-0.3, -0.25) is 14.6 Å². The molecule has 0 bridgehead atoms. The van der Waals surface area contributed by atoms with Crippen LogP contribution in [-0.2, 0) is 9.59 Å². The molecule has 20 heavy (non-hydrogen) atoms. The van der Waals surface area contributed by atoms with Crippen LogP contribution in [0.4, 0.5) is 0 Å². The van der Waals surface area contributed by atoms with Crippen LogP contribution in [0.5, 0.6) is 0 Å². The Hall–Kier alpha value is -1.83. The zero-order valence-corrected chi connectivity index (χ0v) is 11.8. The van der Waals surface area contributed by atoms with E-state index in [4.69, 9.17) is 22.9 Å². The van der Waals surface area contributed by atoms with Gasteiger partial charge in [0.15, 0.2) is 5.96 Å². The number of aliphatic imine (C=N–C) groups is 1. The molecule has 9 N–H and O–H groups in total. The van der Waals surface area contributed by atoms with Crippen LogP contribution < -0.4 is 28.3 Å². The first-order valence-corrected chi connectivity index (χ1v) is 6.81. The molecule has 116 valence electrons. The summed E-state index contributed by atoms with van der Waals surface area (Å²) in [6.07, 6.45) is 3.76. The van der Waals surface area contributed by atoms with Crippen molar-refractivity contribution in [1.82, 2.24) is 5.32 Å². The number of guanidine groups is 1. The summed E-state index contributed by atoms with van der Waals surface area (Å²) in [5.74, 6) is -0.662. The third-order valence-corrected chi connectivity index (χ3v) is 2.73. The lowest BCUT2D eigenvalue weighted by Gasteiger charge is -2.15. The summed E-state index contributed by atoms with van der Waals surface area (Å²) < 4.78 is 0. The van der Waals surface area contributed by atoms with Gasteiger partial charge in [-0.15, -0.1) is 0 Å². The minimum absolute atomic E-state index is 0.0446. The number of hydrogen-bond acceptors (Lipinski definition) is 4. The zero-order valence-electron chi connectivity index (χ0n) is 11.8. The van der Waals surface area contributed by atoms with Gasteiger partial charge in [0.2, 0.25) is 11.8 Å². The minimum Gasteiger partial charge on any atom is -0.370 e. The first-order chi connectivity index (χ1) is 9.47. The fraction of sp³-hybridized carbons (Fsp3) is 0.750. The maximum Gasteiger partial charge on any atom is 0.239 e. The highest BCUT2D eigenvalue weighted by molar-refractivity contribution is 5.86. The molecule has 0 aliphatic carbocycles. The van der Waals surface area contributed by atoms with E-state index in [1.165, 1.54) is 0 Å². The molecule has 8 nitrogen and oxygen atoms in total. The molecule has 0 fully saturated rings. The van der Waals surface area contributed by atoms with Gasteiger partial charge in [0.1, 0.15) is 6.04 Å². The molecule has 2 amide bonds. The first-order valence-electron chi connectivity index (χ1n) is 6.81. The predicted octanol–water partition coefficient (Wildman–Crippen LogP) is -1.47. The Kier molecular flexibility index (Phi) is 10.0. The summed E-state index contributed by atoms with van der Waals surface area (Å²) in [7, 11) is 0. The topological polar surface area (TPSA) is 163 Å². The molecule has 0 heterocycles. The number of hydrogen-bond donors (Lipinski definition) is 5. The van der Waals surface area contributed by atoms with Crippen LogP contribution in [0.25, 0.3) is 0 Å². The van der Waals surface area contributed by atoms with Crippen molar-refractivity contribution in [3.8, 4) is 0 Å². The van der Waals surface area contributed by atoms with E-state index >= 15 is 0 Å². The molecule has 0 spiro atoms. The van der Waals surface area contributed by atoms with Gasteiger partial charge in [0.25, 0.3) is 0 Å². The minimum atomic E-state index is -0.619. The molecule has 0 aromatic carbocycles. The Balaban J connectivity index is 3.89. The summed E-state index contributed by atoms with van der Waals surface area (Å²) in [6.45, 7) is 1.05. The van der Waals surface area contributed by atoms with Crippen LogP contribution in [0.3, 0.4) is 0 Å². The van der Waals surface area contributed by atoms with Gasteiger partial charge in [-0.25, -0.2) is 0 Å². The van der Waals surface area contributed by atoms with Crippen molar-refractivity contribution in [2.45, 2.75) is 44.6 Å². The quantitative estimate of drug-likeness (QED) is 0.177. The zero-order chi connectivity index (χ0) is 15.4. The van der Waals surface area contributed by atoms with E-state index < -0.39 is 11.9 Å². The first kappa shape index (κ1) is 18.2. The lowest BCUT2D eigenvalue weighted by atomic mass is 10.1. The van der Waals surface area contributed by atoms with E-state index in [0.29, 0.717) is 38.8 Å². The van der Waals surface area contributed by atoms with Crippen molar-refractivity contribution < 1.29 is 9.59 Å². The average Bonchev–Trinajstić information content (AvgIpc) is 2.36. The van der Waals surface area contributed by atoms with Crippen molar-refractivity contribution >= 4 is 17.8 Å². The third-order valence-electron chi connectivity index (χ3n) is 2.73. The molecule has 1 atom stereocenters. The SMILES string of the molecule is NCCCC[C@H](NC(=O)CCCCN=C(N)N)C(N)=O. The van der Waals surface area contributed by atoms with Gasteiger partial charge in [-0.05, 0) is 38.6 Å². The fourth-order valence-electron chi connectivity index (χ4n) is 1.65. The number of amides is 2. The Morgan fingerprint density at radius 2 is 1.75 bits per heavy atom. The van der Waals surface area contributed by atoms with E-state index in [1.54, 1.807) is 0 Å². The number of nitrogens with two attached hydrogens (primary N) is 4. The molecular formula is C12H26N6O2. The summed E-state index contributed by atoms with van der Waals surface area (Å²) in [5.41, 5.74) is 21.0.